The Kier molecular flexibility index (Phi) is 8.48. The fraction of sp³-hybridized carbons (Fsp3) is 0.562. The Hall–Kier alpha value is -2.55. The monoisotopic (exact) mass is 353 g/mol. The second-order valence-electron chi connectivity index (χ2n) is 5.72. The summed E-state index contributed by atoms with van der Waals surface area (Å²) in [5.41, 5.74) is 0. The van der Waals surface area contributed by atoms with Crippen LogP contribution in [0.1, 0.15) is 20.3 Å². The first-order valence-corrected chi connectivity index (χ1v) is 7.98. The third-order valence-electron chi connectivity index (χ3n) is 3.46. The SMILES string of the molecule is CC(C)C(NC(=O)CCOCCN1C(=O)C=CC1=O)C(=O)NCC=O. The molecule has 0 bridgehead atoms. The minimum absolute atomic E-state index is 0.0321. The predicted molar refractivity (Wildman–Crippen MR) is 87.1 cm³/mol. The van der Waals surface area contributed by atoms with Gasteiger partial charge in [-0.1, -0.05) is 13.8 Å². The molecule has 2 N–H and O–H groups in total. The standard InChI is InChI=1S/C16H23N3O6/c1-11(2)15(16(24)17-6-8-20)18-12(21)5-9-25-10-7-19-13(22)3-4-14(19)23/h3-4,8,11,15H,5-7,9-10H2,1-2H3,(H,17,24)(H,18,21). The number of nitrogens with zero attached hydrogens (tertiary/aromatic N) is 1. The molecule has 25 heavy (non-hydrogen) atoms. The Labute approximate surface area is 145 Å². The van der Waals surface area contributed by atoms with Crippen molar-refractivity contribution in [2.24, 2.45) is 5.92 Å². The fourth-order valence-electron chi connectivity index (χ4n) is 2.11. The molecule has 1 unspecified atom stereocenters. The number of carbonyl (C=O) groups excluding carboxylic acids is 5. The molecule has 138 valence electrons. The van der Waals surface area contributed by atoms with E-state index in [4.69, 9.17) is 4.74 Å². The van der Waals surface area contributed by atoms with Crippen LogP contribution in [0, 0.1) is 5.92 Å². The Morgan fingerprint density at radius 3 is 2.40 bits per heavy atom. The second-order valence-corrected chi connectivity index (χ2v) is 5.72. The van der Waals surface area contributed by atoms with Gasteiger partial charge in [0, 0.05) is 18.6 Å². The zero-order valence-corrected chi connectivity index (χ0v) is 14.3. The zero-order valence-electron chi connectivity index (χ0n) is 14.3. The molecule has 0 saturated heterocycles. The Morgan fingerprint density at radius 1 is 1.20 bits per heavy atom. The second kappa shape index (κ2) is 10.3. The molecule has 0 aliphatic carbocycles. The van der Waals surface area contributed by atoms with Crippen LogP contribution in [-0.4, -0.2) is 67.2 Å². The van der Waals surface area contributed by atoms with E-state index in [1.54, 1.807) is 13.8 Å². The number of hydrogen-bond donors (Lipinski definition) is 2. The Bertz CT molecular complexity index is 540. The average Bonchev–Trinajstić information content (AvgIpc) is 2.88. The molecule has 0 aromatic rings. The molecule has 0 fully saturated rings. The molecule has 1 rings (SSSR count). The lowest BCUT2D eigenvalue weighted by atomic mass is 10.0. The van der Waals surface area contributed by atoms with Crippen LogP contribution in [-0.2, 0) is 28.7 Å². The van der Waals surface area contributed by atoms with Gasteiger partial charge < -0.3 is 20.2 Å². The van der Waals surface area contributed by atoms with E-state index in [1.165, 1.54) is 12.2 Å². The van der Waals surface area contributed by atoms with Gasteiger partial charge in [-0.3, -0.25) is 24.1 Å². The van der Waals surface area contributed by atoms with Crippen LogP contribution in [0.25, 0.3) is 0 Å². The summed E-state index contributed by atoms with van der Waals surface area (Å²) < 4.78 is 5.25. The highest BCUT2D eigenvalue weighted by molar-refractivity contribution is 6.12. The van der Waals surface area contributed by atoms with Crippen LogP contribution in [0.4, 0.5) is 0 Å². The van der Waals surface area contributed by atoms with Gasteiger partial charge in [-0.25, -0.2) is 0 Å². The number of nitrogens with one attached hydrogen (secondary N) is 2. The highest BCUT2D eigenvalue weighted by Gasteiger charge is 2.24. The van der Waals surface area contributed by atoms with Crippen molar-refractivity contribution >= 4 is 29.9 Å². The average molecular weight is 353 g/mol. The minimum Gasteiger partial charge on any atom is -0.379 e. The van der Waals surface area contributed by atoms with E-state index in [2.05, 4.69) is 10.6 Å². The van der Waals surface area contributed by atoms with Crippen LogP contribution < -0.4 is 10.6 Å². The van der Waals surface area contributed by atoms with E-state index in [0.29, 0.717) is 6.29 Å². The Morgan fingerprint density at radius 2 is 1.84 bits per heavy atom. The molecule has 1 aliphatic rings. The molecule has 9 heteroatoms. The van der Waals surface area contributed by atoms with Crippen molar-refractivity contribution in [3.05, 3.63) is 12.2 Å². The van der Waals surface area contributed by atoms with E-state index in [9.17, 15) is 24.0 Å². The fourth-order valence-corrected chi connectivity index (χ4v) is 2.11. The molecule has 0 saturated carbocycles. The van der Waals surface area contributed by atoms with Crippen molar-refractivity contribution in [1.29, 1.82) is 0 Å². The maximum absolute atomic E-state index is 11.9. The lowest BCUT2D eigenvalue weighted by molar-refractivity contribution is -0.138. The molecule has 9 nitrogen and oxygen atoms in total. The smallest absolute Gasteiger partial charge is 0.253 e. The summed E-state index contributed by atoms with van der Waals surface area (Å²) in [6, 6.07) is -0.738. The molecule has 0 aromatic heterocycles. The summed E-state index contributed by atoms with van der Waals surface area (Å²) in [6.07, 6.45) is 2.98. The molecular formula is C16H23N3O6. The molecule has 0 aromatic carbocycles. The van der Waals surface area contributed by atoms with E-state index >= 15 is 0 Å². The van der Waals surface area contributed by atoms with E-state index in [0.717, 1.165) is 4.90 Å². The van der Waals surface area contributed by atoms with Crippen LogP contribution in [0.2, 0.25) is 0 Å². The molecule has 1 heterocycles. The summed E-state index contributed by atoms with van der Waals surface area (Å²) in [6.45, 7) is 3.79. The van der Waals surface area contributed by atoms with E-state index < -0.39 is 11.9 Å². The summed E-state index contributed by atoms with van der Waals surface area (Å²) >= 11 is 0. The van der Waals surface area contributed by atoms with Gasteiger partial charge in [-0.05, 0) is 5.92 Å². The predicted octanol–water partition coefficient (Wildman–Crippen LogP) is -1.23. The van der Waals surface area contributed by atoms with Crippen molar-refractivity contribution in [1.82, 2.24) is 15.5 Å². The van der Waals surface area contributed by atoms with Gasteiger partial charge in [0.1, 0.15) is 12.3 Å². The van der Waals surface area contributed by atoms with Gasteiger partial charge in [-0.15, -0.1) is 0 Å². The van der Waals surface area contributed by atoms with Gasteiger partial charge in [0.25, 0.3) is 11.8 Å². The molecule has 4 amide bonds. The number of amides is 4. The quantitative estimate of drug-likeness (QED) is 0.273. The van der Waals surface area contributed by atoms with Crippen LogP contribution in [0.15, 0.2) is 12.2 Å². The number of hydrogen-bond acceptors (Lipinski definition) is 6. The van der Waals surface area contributed by atoms with Crippen molar-refractivity contribution in [3.8, 4) is 0 Å². The number of carbonyl (C=O) groups is 5. The van der Waals surface area contributed by atoms with Crippen LogP contribution in [0.3, 0.4) is 0 Å². The first-order valence-electron chi connectivity index (χ1n) is 7.98. The first-order chi connectivity index (χ1) is 11.9. The van der Waals surface area contributed by atoms with E-state index in [-0.39, 0.29) is 56.4 Å². The molecular weight excluding hydrogens is 330 g/mol. The van der Waals surface area contributed by atoms with Crippen molar-refractivity contribution in [3.63, 3.8) is 0 Å². The lowest BCUT2D eigenvalue weighted by Gasteiger charge is -2.21. The minimum atomic E-state index is -0.738. The topological polar surface area (TPSA) is 122 Å². The van der Waals surface area contributed by atoms with Crippen molar-refractivity contribution < 1.29 is 28.7 Å². The van der Waals surface area contributed by atoms with Gasteiger partial charge >= 0.3 is 0 Å². The largest absolute Gasteiger partial charge is 0.379 e. The molecule has 0 spiro atoms. The highest BCUT2D eigenvalue weighted by Crippen LogP contribution is 2.04. The molecule has 1 aliphatic heterocycles. The van der Waals surface area contributed by atoms with Gasteiger partial charge in [-0.2, -0.15) is 0 Å². The maximum atomic E-state index is 11.9. The first kappa shape index (κ1) is 20.5. The van der Waals surface area contributed by atoms with Gasteiger partial charge in [0.15, 0.2) is 0 Å². The third kappa shape index (κ3) is 6.84. The number of aldehydes is 1. The molecule has 0 radical (unpaired) electrons. The molecule has 1 atom stereocenters. The van der Waals surface area contributed by atoms with Crippen LogP contribution in [0.5, 0.6) is 0 Å². The normalized spacial score (nSPS) is 14.8. The summed E-state index contributed by atoms with van der Waals surface area (Å²) in [5.74, 6) is -1.69. The summed E-state index contributed by atoms with van der Waals surface area (Å²) in [5, 5.41) is 5.00. The van der Waals surface area contributed by atoms with E-state index in [1.807, 2.05) is 0 Å². The zero-order chi connectivity index (χ0) is 18.8. The number of rotatable bonds is 11. The van der Waals surface area contributed by atoms with Crippen molar-refractivity contribution in [2.45, 2.75) is 26.3 Å². The Balaban J connectivity index is 2.26. The van der Waals surface area contributed by atoms with Crippen molar-refractivity contribution in [2.75, 3.05) is 26.3 Å². The number of ether oxygens (including phenoxy) is 1. The number of imide groups is 1. The summed E-state index contributed by atoms with van der Waals surface area (Å²) in [4.78, 5) is 57.7. The van der Waals surface area contributed by atoms with Gasteiger partial charge in [0.05, 0.1) is 26.3 Å². The van der Waals surface area contributed by atoms with Gasteiger partial charge in [0.2, 0.25) is 11.8 Å². The highest BCUT2D eigenvalue weighted by atomic mass is 16.5. The lowest BCUT2D eigenvalue weighted by Crippen LogP contribution is -2.50. The van der Waals surface area contributed by atoms with Crippen LogP contribution >= 0.6 is 0 Å². The third-order valence-corrected chi connectivity index (χ3v) is 3.46. The maximum Gasteiger partial charge on any atom is 0.253 e. The summed E-state index contributed by atoms with van der Waals surface area (Å²) in [7, 11) is 0.